The Labute approximate surface area is 167 Å². The minimum Gasteiger partial charge on any atom is -0.462 e. The molecule has 0 fully saturated rings. The van der Waals surface area contributed by atoms with Crippen LogP contribution in [0.1, 0.15) is 57.2 Å². The van der Waals surface area contributed by atoms with Gasteiger partial charge in [-0.1, -0.05) is 25.1 Å². The van der Waals surface area contributed by atoms with Crippen molar-refractivity contribution in [3.05, 3.63) is 51.6 Å². The zero-order valence-corrected chi connectivity index (χ0v) is 17.1. The Morgan fingerprint density at radius 3 is 2.86 bits per heavy atom. The summed E-state index contributed by atoms with van der Waals surface area (Å²) < 4.78 is 11.0. The number of benzene rings is 1. The summed E-state index contributed by atoms with van der Waals surface area (Å²) in [6.07, 6.45) is 2.79. The van der Waals surface area contributed by atoms with Crippen LogP contribution in [0.3, 0.4) is 0 Å². The van der Waals surface area contributed by atoms with E-state index < -0.39 is 0 Å². The first kappa shape index (κ1) is 18.7. The molecule has 0 bridgehead atoms. The molecule has 0 saturated heterocycles. The van der Waals surface area contributed by atoms with Gasteiger partial charge in [-0.3, -0.25) is 4.79 Å². The number of carbonyl (C=O) groups excluding carboxylic acids is 2. The molecular formula is C22H23NO4S. The number of aryl methyl sites for hydroxylation is 1. The highest BCUT2D eigenvalue weighted by Crippen LogP contribution is 2.40. The number of thiophene rings is 1. The maximum absolute atomic E-state index is 13.0. The fraction of sp³-hybridized carbons (Fsp3) is 0.364. The van der Waals surface area contributed by atoms with Crippen molar-refractivity contribution in [1.29, 1.82) is 0 Å². The molecule has 6 heteroatoms. The summed E-state index contributed by atoms with van der Waals surface area (Å²) in [4.78, 5) is 26.7. The molecule has 1 aliphatic rings. The lowest BCUT2D eigenvalue weighted by molar-refractivity contribution is 0.0526. The molecular weight excluding hydrogens is 374 g/mol. The van der Waals surface area contributed by atoms with Gasteiger partial charge in [0.2, 0.25) is 0 Å². The lowest BCUT2D eigenvalue weighted by atomic mass is 9.88. The van der Waals surface area contributed by atoms with Crippen LogP contribution in [0.5, 0.6) is 0 Å². The van der Waals surface area contributed by atoms with Gasteiger partial charge in [-0.05, 0) is 50.7 Å². The van der Waals surface area contributed by atoms with Gasteiger partial charge in [0.05, 0.1) is 12.2 Å². The molecule has 1 amide bonds. The zero-order chi connectivity index (χ0) is 19.8. The predicted octanol–water partition coefficient (Wildman–Crippen LogP) is 5.36. The molecule has 4 rings (SSSR count). The van der Waals surface area contributed by atoms with E-state index in [0.29, 0.717) is 28.7 Å². The van der Waals surface area contributed by atoms with Crippen LogP contribution in [-0.4, -0.2) is 18.5 Å². The summed E-state index contributed by atoms with van der Waals surface area (Å²) in [7, 11) is 0. The van der Waals surface area contributed by atoms with Crippen molar-refractivity contribution < 1.29 is 18.7 Å². The average molecular weight is 397 g/mol. The van der Waals surface area contributed by atoms with Crippen LogP contribution < -0.4 is 5.32 Å². The van der Waals surface area contributed by atoms with Gasteiger partial charge < -0.3 is 14.5 Å². The SMILES string of the molecule is CCOC(=O)c1c(NC(=O)c2oc3ccccc3c2C)sc2c1CC[C@@H](C)C2. The summed E-state index contributed by atoms with van der Waals surface area (Å²) in [5, 5.41) is 4.40. The van der Waals surface area contributed by atoms with Gasteiger partial charge in [-0.15, -0.1) is 11.3 Å². The second kappa shape index (κ2) is 7.43. The van der Waals surface area contributed by atoms with Crippen molar-refractivity contribution >= 4 is 39.2 Å². The highest BCUT2D eigenvalue weighted by atomic mass is 32.1. The Bertz CT molecular complexity index is 1060. The molecule has 1 atom stereocenters. The van der Waals surface area contributed by atoms with E-state index in [1.165, 1.54) is 16.2 Å². The number of fused-ring (bicyclic) bond motifs is 2. The molecule has 1 N–H and O–H groups in total. The van der Waals surface area contributed by atoms with E-state index in [1.807, 2.05) is 31.2 Å². The van der Waals surface area contributed by atoms with Crippen molar-refractivity contribution in [2.24, 2.45) is 5.92 Å². The highest BCUT2D eigenvalue weighted by molar-refractivity contribution is 7.17. The van der Waals surface area contributed by atoms with E-state index in [-0.39, 0.29) is 17.6 Å². The van der Waals surface area contributed by atoms with E-state index in [4.69, 9.17) is 9.15 Å². The normalized spacial score (nSPS) is 16.0. The number of esters is 1. The largest absolute Gasteiger partial charge is 0.462 e. The monoisotopic (exact) mass is 397 g/mol. The predicted molar refractivity (Wildman–Crippen MR) is 110 cm³/mol. The summed E-state index contributed by atoms with van der Waals surface area (Å²) in [6, 6.07) is 7.56. The summed E-state index contributed by atoms with van der Waals surface area (Å²) in [5.74, 6) is 0.134. The minimum atomic E-state index is -0.369. The zero-order valence-electron chi connectivity index (χ0n) is 16.3. The third-order valence-corrected chi connectivity index (χ3v) is 6.44. The van der Waals surface area contributed by atoms with Crippen LogP contribution in [-0.2, 0) is 17.6 Å². The van der Waals surface area contributed by atoms with E-state index in [2.05, 4.69) is 12.2 Å². The molecule has 1 aliphatic carbocycles. The fourth-order valence-corrected chi connectivity index (χ4v) is 5.20. The molecule has 0 spiro atoms. The van der Waals surface area contributed by atoms with Crippen molar-refractivity contribution in [2.75, 3.05) is 11.9 Å². The molecule has 28 heavy (non-hydrogen) atoms. The third kappa shape index (κ3) is 3.22. The molecule has 0 aliphatic heterocycles. The van der Waals surface area contributed by atoms with E-state index in [0.717, 1.165) is 35.8 Å². The first-order chi connectivity index (χ1) is 13.5. The fourth-order valence-electron chi connectivity index (χ4n) is 3.81. The number of furan rings is 1. The van der Waals surface area contributed by atoms with Gasteiger partial charge >= 0.3 is 5.97 Å². The number of anilines is 1. The number of rotatable bonds is 4. The van der Waals surface area contributed by atoms with Gasteiger partial charge in [-0.25, -0.2) is 4.79 Å². The standard InChI is InChI=1S/C22H23NO4S/c1-4-26-22(25)18-15-10-9-12(2)11-17(15)28-21(18)23-20(24)19-13(3)14-7-5-6-8-16(14)27-19/h5-8,12H,4,9-11H2,1-3H3,(H,23,24)/t12-/m1/s1. The van der Waals surface area contributed by atoms with Crippen LogP contribution in [0, 0.1) is 12.8 Å². The number of hydrogen-bond acceptors (Lipinski definition) is 5. The van der Waals surface area contributed by atoms with Gasteiger partial charge in [0.1, 0.15) is 10.6 Å². The minimum absolute atomic E-state index is 0.274. The number of hydrogen-bond donors (Lipinski definition) is 1. The highest BCUT2D eigenvalue weighted by Gasteiger charge is 2.30. The Morgan fingerprint density at radius 2 is 2.11 bits per heavy atom. The lowest BCUT2D eigenvalue weighted by Crippen LogP contribution is -2.16. The van der Waals surface area contributed by atoms with Crippen molar-refractivity contribution in [1.82, 2.24) is 0 Å². The molecule has 1 aromatic carbocycles. The van der Waals surface area contributed by atoms with Crippen LogP contribution in [0.4, 0.5) is 5.00 Å². The summed E-state index contributed by atoms with van der Waals surface area (Å²) in [5.41, 5.74) is 3.00. The number of para-hydroxylation sites is 1. The topological polar surface area (TPSA) is 68.5 Å². The molecule has 2 heterocycles. The molecule has 5 nitrogen and oxygen atoms in total. The molecule has 3 aromatic rings. The number of amides is 1. The number of ether oxygens (including phenoxy) is 1. The smallest absolute Gasteiger partial charge is 0.341 e. The first-order valence-corrected chi connectivity index (χ1v) is 10.4. The van der Waals surface area contributed by atoms with E-state index >= 15 is 0 Å². The van der Waals surface area contributed by atoms with Gasteiger partial charge in [0.15, 0.2) is 5.76 Å². The van der Waals surface area contributed by atoms with Gasteiger partial charge in [-0.2, -0.15) is 0 Å². The molecule has 0 unspecified atom stereocenters. The van der Waals surface area contributed by atoms with Gasteiger partial charge in [0, 0.05) is 15.8 Å². The lowest BCUT2D eigenvalue weighted by Gasteiger charge is -2.18. The Kier molecular flexibility index (Phi) is 4.98. The maximum Gasteiger partial charge on any atom is 0.341 e. The van der Waals surface area contributed by atoms with Crippen molar-refractivity contribution in [2.45, 2.75) is 40.0 Å². The van der Waals surface area contributed by atoms with Crippen LogP contribution in [0.25, 0.3) is 11.0 Å². The van der Waals surface area contributed by atoms with Crippen LogP contribution in [0.15, 0.2) is 28.7 Å². The molecule has 2 aromatic heterocycles. The van der Waals surface area contributed by atoms with Crippen LogP contribution in [0.2, 0.25) is 0 Å². The van der Waals surface area contributed by atoms with Gasteiger partial charge in [0.25, 0.3) is 5.91 Å². The summed E-state index contributed by atoms with van der Waals surface area (Å²) in [6.45, 7) is 6.17. The Morgan fingerprint density at radius 1 is 1.32 bits per heavy atom. The van der Waals surface area contributed by atoms with Crippen LogP contribution >= 0.6 is 11.3 Å². The van der Waals surface area contributed by atoms with Crippen molar-refractivity contribution in [3.63, 3.8) is 0 Å². The third-order valence-electron chi connectivity index (χ3n) is 5.27. The second-order valence-corrected chi connectivity index (χ2v) is 8.39. The second-order valence-electron chi connectivity index (χ2n) is 7.28. The Balaban J connectivity index is 1.71. The number of carbonyl (C=O) groups is 2. The molecule has 0 saturated carbocycles. The van der Waals surface area contributed by atoms with Crippen molar-refractivity contribution in [3.8, 4) is 0 Å². The quantitative estimate of drug-likeness (QED) is 0.602. The Hall–Kier alpha value is -2.60. The van der Waals surface area contributed by atoms with E-state index in [9.17, 15) is 9.59 Å². The molecule has 146 valence electrons. The average Bonchev–Trinajstić information content (AvgIpc) is 3.19. The maximum atomic E-state index is 13.0. The molecule has 0 radical (unpaired) electrons. The summed E-state index contributed by atoms with van der Waals surface area (Å²) >= 11 is 1.48. The number of nitrogens with one attached hydrogen (secondary N) is 1. The first-order valence-electron chi connectivity index (χ1n) is 9.60. The van der Waals surface area contributed by atoms with E-state index in [1.54, 1.807) is 6.92 Å².